The quantitative estimate of drug-likeness (QED) is 0.576. The molecule has 0 spiro atoms. The van der Waals surface area contributed by atoms with Crippen molar-refractivity contribution < 1.29 is 5.11 Å². The van der Waals surface area contributed by atoms with Crippen LogP contribution in [0.4, 0.5) is 0 Å². The molecule has 68 valence electrons. The van der Waals surface area contributed by atoms with Crippen LogP contribution in [0.25, 0.3) is 0 Å². The predicted octanol–water partition coefficient (Wildman–Crippen LogP) is 0.0379. The van der Waals surface area contributed by atoms with E-state index in [9.17, 15) is 0 Å². The summed E-state index contributed by atoms with van der Waals surface area (Å²) in [6.45, 7) is 6.94. The maximum absolute atomic E-state index is 8.93. The molecule has 0 saturated heterocycles. The average molecular weight is 160 g/mol. The van der Waals surface area contributed by atoms with Crippen molar-refractivity contribution in [3.8, 4) is 0 Å². The number of likely N-dealkylation sites (N-methyl/N-ethyl adjacent to an activating group) is 1. The predicted molar refractivity (Wildman–Crippen MR) is 47.5 cm³/mol. The first-order valence-corrected chi connectivity index (χ1v) is 4.35. The van der Waals surface area contributed by atoms with Gasteiger partial charge in [0.25, 0.3) is 0 Å². The van der Waals surface area contributed by atoms with Crippen LogP contribution in [0, 0.1) is 0 Å². The van der Waals surface area contributed by atoms with E-state index < -0.39 is 0 Å². The molecule has 0 saturated carbocycles. The van der Waals surface area contributed by atoms with Crippen LogP contribution >= 0.6 is 0 Å². The zero-order valence-electron chi connectivity index (χ0n) is 7.58. The topological polar surface area (TPSA) is 49.5 Å². The molecular formula is C8H20N2O. The highest BCUT2D eigenvalue weighted by Crippen LogP contribution is 1.97. The van der Waals surface area contributed by atoms with Gasteiger partial charge in [-0.3, -0.25) is 4.90 Å². The Kier molecular flexibility index (Phi) is 6.51. The molecule has 0 aromatic heterocycles. The first-order chi connectivity index (χ1) is 5.29. The van der Waals surface area contributed by atoms with Crippen LogP contribution in [0.15, 0.2) is 0 Å². The first kappa shape index (κ1) is 10.9. The zero-order valence-corrected chi connectivity index (χ0v) is 7.58. The lowest BCUT2D eigenvalue weighted by Crippen LogP contribution is -2.43. The number of hydrogen-bond donors (Lipinski definition) is 2. The fourth-order valence-corrected chi connectivity index (χ4v) is 1.23. The molecule has 0 aliphatic heterocycles. The molecule has 3 N–H and O–H groups in total. The van der Waals surface area contributed by atoms with Crippen molar-refractivity contribution >= 4 is 0 Å². The van der Waals surface area contributed by atoms with Crippen LogP contribution in [0.5, 0.6) is 0 Å². The molecule has 1 unspecified atom stereocenters. The lowest BCUT2D eigenvalue weighted by Gasteiger charge is -2.27. The largest absolute Gasteiger partial charge is 0.395 e. The van der Waals surface area contributed by atoms with Crippen molar-refractivity contribution in [3.05, 3.63) is 0 Å². The van der Waals surface area contributed by atoms with E-state index in [4.69, 9.17) is 10.8 Å². The highest BCUT2D eigenvalue weighted by molar-refractivity contribution is 4.69. The second kappa shape index (κ2) is 6.58. The third kappa shape index (κ3) is 3.70. The van der Waals surface area contributed by atoms with Gasteiger partial charge in [-0.15, -0.1) is 0 Å². The van der Waals surface area contributed by atoms with Gasteiger partial charge < -0.3 is 10.8 Å². The minimum atomic E-state index is 0.153. The van der Waals surface area contributed by atoms with Crippen LogP contribution in [0.3, 0.4) is 0 Å². The van der Waals surface area contributed by atoms with Gasteiger partial charge in [-0.05, 0) is 19.5 Å². The van der Waals surface area contributed by atoms with E-state index in [2.05, 4.69) is 18.7 Å². The number of nitrogens with zero attached hydrogens (tertiary/aromatic N) is 1. The summed E-state index contributed by atoms with van der Waals surface area (Å²) in [5.74, 6) is 0. The monoisotopic (exact) mass is 160 g/mol. The molecule has 0 aromatic carbocycles. The summed E-state index contributed by atoms with van der Waals surface area (Å²) in [7, 11) is 0. The van der Waals surface area contributed by atoms with Crippen molar-refractivity contribution in [2.75, 3.05) is 26.2 Å². The van der Waals surface area contributed by atoms with Gasteiger partial charge in [-0.1, -0.05) is 13.8 Å². The third-order valence-electron chi connectivity index (χ3n) is 1.92. The molecule has 0 heterocycles. The van der Waals surface area contributed by atoms with E-state index >= 15 is 0 Å². The van der Waals surface area contributed by atoms with Gasteiger partial charge in [0.15, 0.2) is 0 Å². The maximum Gasteiger partial charge on any atom is 0.0599 e. The summed E-state index contributed by atoms with van der Waals surface area (Å²) in [6, 6.07) is 0.153. The fraction of sp³-hybridized carbons (Fsp3) is 1.00. The van der Waals surface area contributed by atoms with Gasteiger partial charge in [0.1, 0.15) is 0 Å². The number of nitrogens with two attached hydrogens (primary N) is 1. The second-order valence-corrected chi connectivity index (χ2v) is 2.70. The van der Waals surface area contributed by atoms with E-state index in [1.165, 1.54) is 0 Å². The van der Waals surface area contributed by atoms with E-state index in [-0.39, 0.29) is 12.6 Å². The van der Waals surface area contributed by atoms with Crippen molar-refractivity contribution in [2.24, 2.45) is 5.73 Å². The highest BCUT2D eigenvalue weighted by atomic mass is 16.3. The minimum Gasteiger partial charge on any atom is -0.395 e. The Balaban J connectivity index is 3.76. The van der Waals surface area contributed by atoms with E-state index in [0.717, 1.165) is 19.5 Å². The first-order valence-electron chi connectivity index (χ1n) is 4.35. The number of aliphatic hydroxyl groups is 1. The van der Waals surface area contributed by atoms with Crippen LogP contribution in [0.2, 0.25) is 0 Å². The molecule has 0 fully saturated rings. The number of aliphatic hydroxyl groups excluding tert-OH is 1. The van der Waals surface area contributed by atoms with E-state index in [0.29, 0.717) is 6.54 Å². The summed E-state index contributed by atoms with van der Waals surface area (Å²) in [6.07, 6.45) is 1.12. The van der Waals surface area contributed by atoms with Gasteiger partial charge in [-0.25, -0.2) is 0 Å². The van der Waals surface area contributed by atoms with Gasteiger partial charge in [0.05, 0.1) is 6.61 Å². The van der Waals surface area contributed by atoms with E-state index in [1.54, 1.807) is 0 Å². The van der Waals surface area contributed by atoms with Crippen molar-refractivity contribution in [1.82, 2.24) is 4.90 Å². The summed E-state index contributed by atoms with van der Waals surface area (Å²) >= 11 is 0. The van der Waals surface area contributed by atoms with E-state index in [1.807, 2.05) is 0 Å². The number of hydrogen-bond acceptors (Lipinski definition) is 3. The molecule has 1 atom stereocenters. The van der Waals surface area contributed by atoms with Crippen LogP contribution in [-0.2, 0) is 0 Å². The Morgan fingerprint density at radius 3 is 2.36 bits per heavy atom. The molecule has 0 aliphatic rings. The molecular weight excluding hydrogens is 140 g/mol. The Hall–Kier alpha value is -0.120. The lowest BCUT2D eigenvalue weighted by molar-refractivity contribution is 0.133. The molecule has 0 aromatic rings. The normalized spacial score (nSPS) is 13.9. The molecule has 11 heavy (non-hydrogen) atoms. The standard InChI is InChI=1S/C8H20N2O/c1-3-5-10(4-2)8(6-9)7-11/h8,11H,3-7,9H2,1-2H3. The van der Waals surface area contributed by atoms with Gasteiger partial charge in [-0.2, -0.15) is 0 Å². The average Bonchev–Trinajstić information content (AvgIpc) is 2.05. The summed E-state index contributed by atoms with van der Waals surface area (Å²) < 4.78 is 0. The third-order valence-corrected chi connectivity index (χ3v) is 1.92. The SMILES string of the molecule is CCCN(CC)C(CN)CO. The molecule has 0 bridgehead atoms. The van der Waals surface area contributed by atoms with Crippen LogP contribution in [0.1, 0.15) is 20.3 Å². The molecule has 3 heteroatoms. The molecule has 0 rings (SSSR count). The summed E-state index contributed by atoms with van der Waals surface area (Å²) in [4.78, 5) is 2.21. The molecule has 0 aliphatic carbocycles. The molecule has 0 radical (unpaired) electrons. The highest BCUT2D eigenvalue weighted by Gasteiger charge is 2.12. The fourth-order valence-electron chi connectivity index (χ4n) is 1.23. The minimum absolute atomic E-state index is 0.153. The number of rotatable bonds is 6. The maximum atomic E-state index is 8.93. The molecule has 0 amide bonds. The Labute approximate surface area is 69.2 Å². The molecule has 3 nitrogen and oxygen atoms in total. The Morgan fingerprint density at radius 2 is 2.09 bits per heavy atom. The summed E-state index contributed by atoms with van der Waals surface area (Å²) in [5, 5.41) is 8.93. The Bertz CT molecular complexity index is 84.2. The zero-order chi connectivity index (χ0) is 8.69. The Morgan fingerprint density at radius 1 is 1.45 bits per heavy atom. The van der Waals surface area contributed by atoms with Gasteiger partial charge in [0, 0.05) is 12.6 Å². The van der Waals surface area contributed by atoms with Crippen molar-refractivity contribution in [3.63, 3.8) is 0 Å². The summed E-state index contributed by atoms with van der Waals surface area (Å²) in [5.41, 5.74) is 5.49. The second-order valence-electron chi connectivity index (χ2n) is 2.70. The smallest absolute Gasteiger partial charge is 0.0599 e. The van der Waals surface area contributed by atoms with Crippen LogP contribution in [-0.4, -0.2) is 42.3 Å². The van der Waals surface area contributed by atoms with Gasteiger partial charge >= 0.3 is 0 Å². The van der Waals surface area contributed by atoms with Crippen molar-refractivity contribution in [1.29, 1.82) is 0 Å². The van der Waals surface area contributed by atoms with Crippen molar-refractivity contribution in [2.45, 2.75) is 26.3 Å². The lowest BCUT2D eigenvalue weighted by atomic mass is 10.2. The van der Waals surface area contributed by atoms with Crippen LogP contribution < -0.4 is 5.73 Å². The van der Waals surface area contributed by atoms with Gasteiger partial charge in [0.2, 0.25) is 0 Å².